The highest BCUT2D eigenvalue weighted by Gasteiger charge is 2.23. The first-order chi connectivity index (χ1) is 11.1. The molecule has 6 heteroatoms. The summed E-state index contributed by atoms with van der Waals surface area (Å²) in [6, 6.07) is 12.4. The quantitative estimate of drug-likeness (QED) is 0.669. The number of primary amides is 1. The summed E-state index contributed by atoms with van der Waals surface area (Å²) in [5.41, 5.74) is 8.04. The third-order valence-electron chi connectivity index (χ3n) is 4.18. The van der Waals surface area contributed by atoms with E-state index in [4.69, 9.17) is 5.73 Å². The molecule has 0 aromatic heterocycles. The summed E-state index contributed by atoms with van der Waals surface area (Å²) in [5.74, 6) is -0.678. The highest BCUT2D eigenvalue weighted by atomic mass is 16.6. The number of nitrogens with two attached hydrogens (primary N) is 1. The van der Waals surface area contributed by atoms with Crippen LogP contribution >= 0.6 is 0 Å². The molecule has 0 heterocycles. The predicted molar refractivity (Wildman–Crippen MR) is 87.4 cm³/mol. The van der Waals surface area contributed by atoms with Gasteiger partial charge in [-0.15, -0.1) is 0 Å². The average Bonchev–Trinajstić information content (AvgIpc) is 2.55. The topological polar surface area (TPSA) is 98.3 Å². The number of nitro benzene ring substituents is 1. The number of rotatable bonds is 4. The summed E-state index contributed by atoms with van der Waals surface area (Å²) < 4.78 is 0. The van der Waals surface area contributed by atoms with Gasteiger partial charge in [0, 0.05) is 11.6 Å². The molecular formula is C17H17N3O3. The molecule has 1 amide bonds. The molecular weight excluding hydrogens is 294 g/mol. The van der Waals surface area contributed by atoms with Gasteiger partial charge >= 0.3 is 0 Å². The molecule has 3 N–H and O–H groups in total. The van der Waals surface area contributed by atoms with Gasteiger partial charge in [0.05, 0.1) is 11.0 Å². The maximum absolute atomic E-state index is 11.3. The minimum absolute atomic E-state index is 0.0260. The summed E-state index contributed by atoms with van der Waals surface area (Å²) in [7, 11) is 0. The Morgan fingerprint density at radius 2 is 2.04 bits per heavy atom. The fraction of sp³-hybridized carbons (Fsp3) is 0.235. The zero-order chi connectivity index (χ0) is 16.4. The van der Waals surface area contributed by atoms with Crippen LogP contribution in [0.25, 0.3) is 0 Å². The van der Waals surface area contributed by atoms with Crippen LogP contribution in [0.5, 0.6) is 0 Å². The van der Waals surface area contributed by atoms with Crippen LogP contribution in [0, 0.1) is 10.1 Å². The number of fused-ring (bicyclic) bond motifs is 1. The highest BCUT2D eigenvalue weighted by molar-refractivity contribution is 5.94. The smallest absolute Gasteiger partial charge is 0.293 e. The van der Waals surface area contributed by atoms with Crippen molar-refractivity contribution >= 4 is 17.3 Å². The second-order valence-electron chi connectivity index (χ2n) is 5.64. The van der Waals surface area contributed by atoms with Gasteiger partial charge in [-0.2, -0.15) is 0 Å². The number of nitro groups is 1. The number of amides is 1. The third kappa shape index (κ3) is 3.01. The number of aryl methyl sites for hydroxylation is 1. The molecule has 0 bridgehead atoms. The van der Waals surface area contributed by atoms with Crippen molar-refractivity contribution in [1.29, 1.82) is 0 Å². The van der Waals surface area contributed by atoms with Gasteiger partial charge in [0.15, 0.2) is 0 Å². The zero-order valence-corrected chi connectivity index (χ0v) is 12.5. The van der Waals surface area contributed by atoms with Crippen LogP contribution in [0.2, 0.25) is 0 Å². The van der Waals surface area contributed by atoms with Gasteiger partial charge < -0.3 is 11.1 Å². The van der Waals surface area contributed by atoms with Crippen molar-refractivity contribution in [2.24, 2.45) is 5.73 Å². The number of carbonyl (C=O) groups is 1. The Balaban J connectivity index is 1.95. The lowest BCUT2D eigenvalue weighted by atomic mass is 9.87. The lowest BCUT2D eigenvalue weighted by molar-refractivity contribution is -0.384. The molecule has 23 heavy (non-hydrogen) atoms. The van der Waals surface area contributed by atoms with Crippen molar-refractivity contribution < 1.29 is 9.72 Å². The van der Waals surface area contributed by atoms with E-state index in [0.29, 0.717) is 5.69 Å². The Kier molecular flexibility index (Phi) is 3.97. The lowest BCUT2D eigenvalue weighted by Crippen LogP contribution is -2.18. The molecule has 3 rings (SSSR count). The van der Waals surface area contributed by atoms with E-state index in [2.05, 4.69) is 17.4 Å². The van der Waals surface area contributed by atoms with E-state index in [-0.39, 0.29) is 17.3 Å². The molecule has 0 radical (unpaired) electrons. The van der Waals surface area contributed by atoms with Crippen molar-refractivity contribution in [3.8, 4) is 0 Å². The third-order valence-corrected chi connectivity index (χ3v) is 4.18. The zero-order valence-electron chi connectivity index (χ0n) is 12.5. The normalized spacial score (nSPS) is 16.4. The Labute approximate surface area is 133 Å². The maximum Gasteiger partial charge on any atom is 0.293 e. The molecule has 1 atom stereocenters. The molecule has 0 spiro atoms. The Morgan fingerprint density at radius 1 is 1.26 bits per heavy atom. The van der Waals surface area contributed by atoms with Crippen LogP contribution < -0.4 is 11.1 Å². The van der Waals surface area contributed by atoms with Gasteiger partial charge in [-0.3, -0.25) is 14.9 Å². The first kappa shape index (κ1) is 15.0. The Hall–Kier alpha value is -2.89. The minimum atomic E-state index is -0.678. The Morgan fingerprint density at radius 3 is 2.78 bits per heavy atom. The van der Waals surface area contributed by atoms with Crippen LogP contribution in [-0.4, -0.2) is 10.8 Å². The van der Waals surface area contributed by atoms with Crippen LogP contribution in [0.1, 0.15) is 40.4 Å². The molecule has 2 aromatic rings. The number of anilines is 1. The molecule has 0 aliphatic heterocycles. The molecule has 0 unspecified atom stereocenters. The van der Waals surface area contributed by atoms with Crippen LogP contribution in [0.4, 0.5) is 11.4 Å². The van der Waals surface area contributed by atoms with Gasteiger partial charge in [0.25, 0.3) is 5.69 Å². The van der Waals surface area contributed by atoms with E-state index in [1.807, 2.05) is 12.1 Å². The predicted octanol–water partition coefficient (Wildman–Crippen LogP) is 3.18. The van der Waals surface area contributed by atoms with Gasteiger partial charge in [-0.1, -0.05) is 24.3 Å². The summed E-state index contributed by atoms with van der Waals surface area (Å²) in [4.78, 5) is 22.0. The van der Waals surface area contributed by atoms with Gasteiger partial charge in [0.2, 0.25) is 5.91 Å². The number of benzene rings is 2. The maximum atomic E-state index is 11.3. The second-order valence-corrected chi connectivity index (χ2v) is 5.64. The lowest BCUT2D eigenvalue weighted by Gasteiger charge is -2.27. The number of carbonyl (C=O) groups excluding carboxylic acids is 1. The SMILES string of the molecule is NC(=O)c1ccc(N[C@@H]2CCCc3ccccc32)c([N+](=O)[O-])c1. The molecule has 1 aliphatic carbocycles. The van der Waals surface area contributed by atoms with Gasteiger partial charge in [0.1, 0.15) is 5.69 Å². The fourth-order valence-corrected chi connectivity index (χ4v) is 3.05. The van der Waals surface area contributed by atoms with Crippen LogP contribution in [0.15, 0.2) is 42.5 Å². The first-order valence-corrected chi connectivity index (χ1v) is 7.49. The number of nitrogens with zero attached hydrogens (tertiary/aromatic N) is 1. The van der Waals surface area contributed by atoms with Crippen molar-refractivity contribution in [3.63, 3.8) is 0 Å². The average molecular weight is 311 g/mol. The van der Waals surface area contributed by atoms with Gasteiger partial charge in [-0.05, 0) is 42.5 Å². The number of hydrogen-bond donors (Lipinski definition) is 2. The van der Waals surface area contributed by atoms with E-state index in [1.54, 1.807) is 6.07 Å². The van der Waals surface area contributed by atoms with Crippen LogP contribution in [0.3, 0.4) is 0 Å². The van der Waals surface area contributed by atoms with E-state index in [0.717, 1.165) is 19.3 Å². The first-order valence-electron chi connectivity index (χ1n) is 7.49. The fourth-order valence-electron chi connectivity index (χ4n) is 3.05. The molecule has 2 aromatic carbocycles. The minimum Gasteiger partial charge on any atom is -0.373 e. The number of hydrogen-bond acceptors (Lipinski definition) is 4. The summed E-state index contributed by atoms with van der Waals surface area (Å²) in [5, 5.41) is 14.6. The summed E-state index contributed by atoms with van der Waals surface area (Å²) in [6.07, 6.45) is 2.96. The van der Waals surface area contributed by atoms with E-state index < -0.39 is 10.8 Å². The van der Waals surface area contributed by atoms with E-state index in [9.17, 15) is 14.9 Å². The molecule has 118 valence electrons. The van der Waals surface area contributed by atoms with Crippen molar-refractivity contribution in [3.05, 3.63) is 69.3 Å². The highest BCUT2D eigenvalue weighted by Crippen LogP contribution is 2.35. The van der Waals surface area contributed by atoms with Crippen molar-refractivity contribution in [2.45, 2.75) is 25.3 Å². The molecule has 0 fully saturated rings. The molecule has 6 nitrogen and oxygen atoms in total. The van der Waals surface area contributed by atoms with Crippen LogP contribution in [-0.2, 0) is 6.42 Å². The van der Waals surface area contributed by atoms with Crippen molar-refractivity contribution in [1.82, 2.24) is 0 Å². The molecule has 1 aliphatic rings. The van der Waals surface area contributed by atoms with Gasteiger partial charge in [-0.25, -0.2) is 0 Å². The van der Waals surface area contributed by atoms with E-state index in [1.165, 1.54) is 23.3 Å². The Bertz CT molecular complexity index is 773. The molecule has 0 saturated heterocycles. The molecule has 0 saturated carbocycles. The largest absolute Gasteiger partial charge is 0.373 e. The summed E-state index contributed by atoms with van der Waals surface area (Å²) >= 11 is 0. The van der Waals surface area contributed by atoms with E-state index >= 15 is 0 Å². The monoisotopic (exact) mass is 311 g/mol. The summed E-state index contributed by atoms with van der Waals surface area (Å²) in [6.45, 7) is 0. The number of nitrogens with one attached hydrogen (secondary N) is 1. The van der Waals surface area contributed by atoms with Crippen molar-refractivity contribution in [2.75, 3.05) is 5.32 Å². The standard InChI is InChI=1S/C17H17N3O3/c18-17(21)12-8-9-15(16(10-12)20(22)23)19-14-7-3-5-11-4-1-2-6-13(11)14/h1-2,4,6,8-10,14,19H,3,5,7H2,(H2,18,21)/t14-/m1/s1. The second kappa shape index (κ2) is 6.08.